The van der Waals surface area contributed by atoms with Gasteiger partial charge < -0.3 is 14.9 Å². The molecule has 0 amide bonds. The van der Waals surface area contributed by atoms with Crippen LogP contribution in [0, 0.1) is 0 Å². The summed E-state index contributed by atoms with van der Waals surface area (Å²) in [6.07, 6.45) is 7.32. The van der Waals surface area contributed by atoms with Crippen molar-refractivity contribution < 1.29 is 24.5 Å². The summed E-state index contributed by atoms with van der Waals surface area (Å²) in [7, 11) is 0. The van der Waals surface area contributed by atoms with E-state index in [4.69, 9.17) is 14.9 Å². The van der Waals surface area contributed by atoms with Crippen molar-refractivity contribution in [1.82, 2.24) is 0 Å². The summed E-state index contributed by atoms with van der Waals surface area (Å²) in [6.45, 7) is 0.585. The van der Waals surface area contributed by atoms with Crippen LogP contribution in [-0.2, 0) is 4.79 Å². The topological polar surface area (TPSA) is 83.8 Å². The largest absolute Gasteiger partial charge is 0.494 e. The fraction of sp³-hybridized carbons (Fsp3) is 0.529. The van der Waals surface area contributed by atoms with E-state index in [0.717, 1.165) is 44.9 Å². The monoisotopic (exact) mass is 308 g/mol. The average molecular weight is 308 g/mol. The number of rotatable bonds is 12. The lowest BCUT2D eigenvalue weighted by atomic mass is 10.1. The van der Waals surface area contributed by atoms with Crippen LogP contribution in [0.4, 0.5) is 0 Å². The van der Waals surface area contributed by atoms with E-state index in [1.165, 1.54) is 6.07 Å². The SMILES string of the molecule is O=C(O)CCCCCCCCCOc1cccc(C(=O)O)c1. The molecule has 1 aromatic rings. The van der Waals surface area contributed by atoms with Crippen LogP contribution >= 0.6 is 0 Å². The second-order valence-corrected chi connectivity index (χ2v) is 5.30. The van der Waals surface area contributed by atoms with Crippen molar-refractivity contribution in [2.45, 2.75) is 51.4 Å². The molecule has 0 aromatic heterocycles. The Labute approximate surface area is 130 Å². The van der Waals surface area contributed by atoms with E-state index < -0.39 is 11.9 Å². The van der Waals surface area contributed by atoms with Crippen LogP contribution in [0.5, 0.6) is 5.75 Å². The van der Waals surface area contributed by atoms with E-state index in [-0.39, 0.29) is 12.0 Å². The summed E-state index contributed by atoms with van der Waals surface area (Å²) in [6, 6.07) is 6.51. The molecule has 0 aliphatic carbocycles. The van der Waals surface area contributed by atoms with Gasteiger partial charge in [-0.25, -0.2) is 4.79 Å². The molecule has 0 spiro atoms. The Morgan fingerprint density at radius 1 is 0.909 bits per heavy atom. The summed E-state index contributed by atoms with van der Waals surface area (Å²) in [5, 5.41) is 17.4. The molecule has 5 heteroatoms. The third-order valence-electron chi connectivity index (χ3n) is 3.38. The molecule has 0 saturated carbocycles. The van der Waals surface area contributed by atoms with Gasteiger partial charge in [0.15, 0.2) is 0 Å². The quantitative estimate of drug-likeness (QED) is 0.571. The van der Waals surface area contributed by atoms with Crippen molar-refractivity contribution in [2.24, 2.45) is 0 Å². The van der Waals surface area contributed by atoms with Gasteiger partial charge in [0.2, 0.25) is 0 Å². The Hall–Kier alpha value is -2.04. The number of ether oxygens (including phenoxy) is 1. The van der Waals surface area contributed by atoms with Gasteiger partial charge in [-0.3, -0.25) is 4.79 Å². The first kappa shape index (κ1) is 18.0. The van der Waals surface area contributed by atoms with E-state index in [2.05, 4.69) is 0 Å². The minimum absolute atomic E-state index is 0.235. The molecular weight excluding hydrogens is 284 g/mol. The molecule has 0 bridgehead atoms. The van der Waals surface area contributed by atoms with Crippen LogP contribution in [0.1, 0.15) is 61.7 Å². The molecule has 122 valence electrons. The molecule has 0 atom stereocenters. The second-order valence-electron chi connectivity index (χ2n) is 5.30. The van der Waals surface area contributed by atoms with Crippen molar-refractivity contribution in [3.8, 4) is 5.75 Å². The highest BCUT2D eigenvalue weighted by Crippen LogP contribution is 2.14. The molecule has 0 heterocycles. The highest BCUT2D eigenvalue weighted by Gasteiger charge is 2.03. The number of aromatic carboxylic acids is 1. The van der Waals surface area contributed by atoms with Crippen LogP contribution in [0.3, 0.4) is 0 Å². The zero-order valence-corrected chi connectivity index (χ0v) is 12.8. The maximum Gasteiger partial charge on any atom is 0.335 e. The van der Waals surface area contributed by atoms with Gasteiger partial charge in [-0.15, -0.1) is 0 Å². The number of carboxylic acid groups (broad SMARTS) is 2. The molecule has 0 fully saturated rings. The van der Waals surface area contributed by atoms with Crippen molar-refractivity contribution >= 4 is 11.9 Å². The lowest BCUT2D eigenvalue weighted by Gasteiger charge is -2.06. The molecule has 0 saturated heterocycles. The minimum Gasteiger partial charge on any atom is -0.494 e. The number of carbonyl (C=O) groups is 2. The first-order valence-electron chi connectivity index (χ1n) is 7.77. The van der Waals surface area contributed by atoms with E-state index in [9.17, 15) is 9.59 Å². The van der Waals surface area contributed by atoms with E-state index in [0.29, 0.717) is 12.4 Å². The van der Waals surface area contributed by atoms with E-state index in [1.807, 2.05) is 0 Å². The Morgan fingerprint density at radius 3 is 2.18 bits per heavy atom. The highest BCUT2D eigenvalue weighted by atomic mass is 16.5. The normalized spacial score (nSPS) is 10.4. The van der Waals surface area contributed by atoms with Gasteiger partial charge >= 0.3 is 11.9 Å². The number of hydrogen-bond acceptors (Lipinski definition) is 3. The van der Waals surface area contributed by atoms with Gasteiger partial charge in [0.1, 0.15) is 5.75 Å². The number of aliphatic carboxylic acids is 1. The predicted octanol–water partition coefficient (Wildman–Crippen LogP) is 3.97. The van der Waals surface area contributed by atoms with Crippen LogP contribution < -0.4 is 4.74 Å². The third kappa shape index (κ3) is 8.29. The maximum absolute atomic E-state index is 10.8. The zero-order valence-electron chi connectivity index (χ0n) is 12.8. The summed E-state index contributed by atoms with van der Waals surface area (Å²) >= 11 is 0. The van der Waals surface area contributed by atoms with Crippen LogP contribution in [0.15, 0.2) is 24.3 Å². The van der Waals surface area contributed by atoms with Crippen molar-refractivity contribution in [3.05, 3.63) is 29.8 Å². The average Bonchev–Trinajstić information content (AvgIpc) is 2.49. The molecular formula is C17H24O5. The van der Waals surface area contributed by atoms with Crippen molar-refractivity contribution in [2.75, 3.05) is 6.61 Å². The Bertz CT molecular complexity index is 470. The van der Waals surface area contributed by atoms with Crippen LogP contribution in [-0.4, -0.2) is 28.8 Å². The van der Waals surface area contributed by atoms with E-state index in [1.54, 1.807) is 18.2 Å². The fourth-order valence-corrected chi connectivity index (χ4v) is 2.17. The van der Waals surface area contributed by atoms with Gasteiger partial charge in [-0.1, -0.05) is 38.2 Å². The molecule has 0 radical (unpaired) electrons. The smallest absolute Gasteiger partial charge is 0.335 e. The molecule has 0 aliphatic heterocycles. The Kier molecular flexibility index (Phi) is 8.72. The van der Waals surface area contributed by atoms with Crippen molar-refractivity contribution in [1.29, 1.82) is 0 Å². The zero-order chi connectivity index (χ0) is 16.2. The summed E-state index contributed by atoms with van der Waals surface area (Å²) in [4.78, 5) is 21.2. The van der Waals surface area contributed by atoms with Gasteiger partial charge in [-0.2, -0.15) is 0 Å². The molecule has 1 rings (SSSR count). The molecule has 2 N–H and O–H groups in total. The lowest BCUT2D eigenvalue weighted by Crippen LogP contribution is -2.00. The van der Waals surface area contributed by atoms with E-state index >= 15 is 0 Å². The van der Waals surface area contributed by atoms with Crippen LogP contribution in [0.25, 0.3) is 0 Å². The lowest BCUT2D eigenvalue weighted by molar-refractivity contribution is -0.137. The summed E-state index contributed by atoms with van der Waals surface area (Å²) in [5.41, 5.74) is 0.235. The summed E-state index contributed by atoms with van der Waals surface area (Å²) in [5.74, 6) is -1.08. The van der Waals surface area contributed by atoms with Gasteiger partial charge in [-0.05, 0) is 31.0 Å². The maximum atomic E-state index is 10.8. The molecule has 0 unspecified atom stereocenters. The molecule has 1 aromatic carbocycles. The first-order valence-corrected chi connectivity index (χ1v) is 7.77. The molecule has 5 nitrogen and oxygen atoms in total. The molecule has 0 aliphatic rings. The number of benzene rings is 1. The van der Waals surface area contributed by atoms with Crippen LogP contribution in [0.2, 0.25) is 0 Å². The van der Waals surface area contributed by atoms with Gasteiger partial charge in [0.25, 0.3) is 0 Å². The Morgan fingerprint density at radius 2 is 1.55 bits per heavy atom. The highest BCUT2D eigenvalue weighted by molar-refractivity contribution is 5.87. The second kappa shape index (κ2) is 10.7. The number of unbranched alkanes of at least 4 members (excludes halogenated alkanes) is 6. The third-order valence-corrected chi connectivity index (χ3v) is 3.38. The van der Waals surface area contributed by atoms with Crippen molar-refractivity contribution in [3.63, 3.8) is 0 Å². The number of carboxylic acids is 2. The van der Waals surface area contributed by atoms with Gasteiger partial charge in [0, 0.05) is 6.42 Å². The van der Waals surface area contributed by atoms with Gasteiger partial charge in [0.05, 0.1) is 12.2 Å². The first-order chi connectivity index (χ1) is 10.6. The number of hydrogen-bond donors (Lipinski definition) is 2. The standard InChI is InChI=1S/C17H24O5/c18-16(19)11-6-4-2-1-3-5-7-12-22-15-10-8-9-14(13-15)17(20)21/h8-10,13H,1-7,11-12H2,(H,18,19)(H,20,21). The minimum atomic E-state index is -0.951. The summed E-state index contributed by atoms with van der Waals surface area (Å²) < 4.78 is 5.54. The Balaban J connectivity index is 2.00. The fourth-order valence-electron chi connectivity index (χ4n) is 2.17. The predicted molar refractivity (Wildman–Crippen MR) is 83.5 cm³/mol. The molecule has 22 heavy (non-hydrogen) atoms.